The van der Waals surface area contributed by atoms with Gasteiger partial charge in [0.1, 0.15) is 29.5 Å². The van der Waals surface area contributed by atoms with E-state index in [4.69, 9.17) is 21.1 Å². The maximum Gasteiger partial charge on any atom is 0.319 e. The Kier molecular flexibility index (Phi) is 8.21. The van der Waals surface area contributed by atoms with E-state index in [0.29, 0.717) is 34.0 Å². The second-order valence-electron chi connectivity index (χ2n) is 12.8. The molecule has 2 aromatic carbocycles. The Morgan fingerprint density at radius 2 is 1.81 bits per heavy atom. The number of nitrogens with one attached hydrogen (secondary N) is 1. The summed E-state index contributed by atoms with van der Waals surface area (Å²) in [6, 6.07) is 7.19. The highest BCUT2D eigenvalue weighted by Crippen LogP contribution is 2.44. The van der Waals surface area contributed by atoms with Gasteiger partial charge >= 0.3 is 6.01 Å². The second-order valence-corrected chi connectivity index (χ2v) is 12.8. The maximum atomic E-state index is 16.9. The molecule has 11 heteroatoms. The van der Waals surface area contributed by atoms with Crippen LogP contribution in [0.1, 0.15) is 57.7 Å². The molecule has 0 saturated carbocycles. The molecule has 4 atom stereocenters. The summed E-state index contributed by atoms with van der Waals surface area (Å²) in [7, 11) is 0. The highest BCUT2D eigenvalue weighted by Gasteiger charge is 2.46. The van der Waals surface area contributed by atoms with Gasteiger partial charge in [-0.15, -0.1) is 6.42 Å². The topological polar surface area (TPSA) is 66.4 Å². The molecule has 8 rings (SSSR count). The zero-order chi connectivity index (χ0) is 33.0. The van der Waals surface area contributed by atoms with Crippen molar-refractivity contribution in [1.29, 1.82) is 0 Å². The third-order valence-electron chi connectivity index (χ3n) is 10.2. The van der Waals surface area contributed by atoms with E-state index < -0.39 is 30.3 Å². The molecular formula is C36H38F4N6O. The van der Waals surface area contributed by atoms with E-state index in [1.54, 1.807) is 29.2 Å². The molecule has 0 bridgehead atoms. The largest absolute Gasteiger partial charge is 0.461 e. The fraction of sp³-hybridized carbons (Fsp3) is 0.472. The number of nitrogens with zero attached hydrogens (tertiary/aromatic N) is 5. The summed E-state index contributed by atoms with van der Waals surface area (Å²) in [6.07, 6.45) is 6.74. The highest BCUT2D eigenvalue weighted by atomic mass is 19.2. The highest BCUT2D eigenvalue weighted by molar-refractivity contribution is 6.02. The average Bonchev–Trinajstić information content (AvgIpc) is 3.62. The van der Waals surface area contributed by atoms with E-state index in [1.807, 2.05) is 20.8 Å². The Balaban J connectivity index is 0.00000172. The normalized spacial score (nSPS) is 24.7. The minimum Gasteiger partial charge on any atom is -0.461 e. The van der Waals surface area contributed by atoms with Crippen molar-refractivity contribution in [1.82, 2.24) is 25.2 Å². The van der Waals surface area contributed by atoms with Gasteiger partial charge in [0.25, 0.3) is 0 Å². The lowest BCUT2D eigenvalue weighted by atomic mass is 9.93. The Morgan fingerprint density at radius 3 is 2.55 bits per heavy atom. The summed E-state index contributed by atoms with van der Waals surface area (Å²) in [4.78, 5) is 18.1. The van der Waals surface area contributed by atoms with Gasteiger partial charge in [0.05, 0.1) is 34.8 Å². The van der Waals surface area contributed by atoms with Crippen LogP contribution in [0.2, 0.25) is 0 Å². The number of terminal acetylenes is 1. The van der Waals surface area contributed by atoms with E-state index in [0.717, 1.165) is 38.8 Å². The fourth-order valence-electron chi connectivity index (χ4n) is 8.18. The monoisotopic (exact) mass is 646 g/mol. The van der Waals surface area contributed by atoms with Crippen LogP contribution < -0.4 is 15.0 Å². The number of rotatable bonds is 4. The van der Waals surface area contributed by atoms with Crippen LogP contribution in [0.5, 0.6) is 6.01 Å². The smallest absolute Gasteiger partial charge is 0.319 e. The third kappa shape index (κ3) is 5.08. The standard InChI is InChI=1S/C34H32F4N6O.C2H6/c1-3-20-22(35)10-9-19-7-4-8-21(25(19)20)28-27(37)29-26-23(39-28)15-18(2)30-31(38)40-24(36)16-44(30)32(26)42-33(41-29)45-17-34-11-5-13-43(34)14-6-12-34;1-2/h1,4,7-10,18,24,30-31,40H,5-6,11-17H2,2H3;1-2H3/t18-,24?,30?,31?;/m0./s1. The van der Waals surface area contributed by atoms with Gasteiger partial charge in [-0.2, -0.15) is 9.97 Å². The zero-order valence-corrected chi connectivity index (χ0v) is 26.8. The van der Waals surface area contributed by atoms with Gasteiger partial charge in [-0.1, -0.05) is 51.0 Å². The average molecular weight is 647 g/mol. The van der Waals surface area contributed by atoms with Gasteiger partial charge in [-0.25, -0.2) is 22.5 Å². The van der Waals surface area contributed by atoms with Gasteiger partial charge < -0.3 is 9.64 Å². The first-order valence-corrected chi connectivity index (χ1v) is 16.5. The fourth-order valence-corrected chi connectivity index (χ4v) is 8.18. The predicted octanol–water partition coefficient (Wildman–Crippen LogP) is 6.70. The van der Waals surface area contributed by atoms with Crippen molar-refractivity contribution in [2.24, 2.45) is 5.92 Å². The first-order chi connectivity index (χ1) is 22.8. The number of anilines is 1. The molecule has 0 radical (unpaired) electrons. The van der Waals surface area contributed by atoms with Crippen molar-refractivity contribution in [3.8, 4) is 29.6 Å². The quantitative estimate of drug-likeness (QED) is 0.150. The first kappa shape index (κ1) is 31.6. The SMILES string of the molecule is C#Cc1c(F)ccc2cccc(-c3nc4c5c(nc(OCC67CCCN6CCC7)nc5c3F)N3CC(F)NC(F)C3[C@@H](C)C4)c12.CC. The zero-order valence-electron chi connectivity index (χ0n) is 26.8. The van der Waals surface area contributed by atoms with Crippen LogP contribution in [-0.2, 0) is 6.42 Å². The number of alkyl halides is 2. The molecule has 246 valence electrons. The number of fused-ring (bicyclic) bond motifs is 4. The Hall–Kier alpha value is -4.01. The van der Waals surface area contributed by atoms with Gasteiger partial charge in [0.2, 0.25) is 0 Å². The van der Waals surface area contributed by atoms with Crippen molar-refractivity contribution in [3.05, 3.63) is 53.2 Å². The molecule has 6 heterocycles. The van der Waals surface area contributed by atoms with Crippen molar-refractivity contribution in [2.75, 3.05) is 31.1 Å². The molecule has 3 fully saturated rings. The van der Waals surface area contributed by atoms with E-state index in [1.165, 1.54) is 6.07 Å². The number of piperazine rings is 1. The molecule has 3 unspecified atom stereocenters. The summed E-state index contributed by atoms with van der Waals surface area (Å²) >= 11 is 0. The van der Waals surface area contributed by atoms with Crippen LogP contribution in [-0.4, -0.2) is 70.3 Å². The molecule has 0 spiro atoms. The molecule has 7 nitrogen and oxygen atoms in total. The summed E-state index contributed by atoms with van der Waals surface area (Å²) in [5.41, 5.74) is 0.522. The number of pyridine rings is 1. The van der Waals surface area contributed by atoms with Gasteiger partial charge in [-0.3, -0.25) is 10.2 Å². The Labute approximate surface area is 271 Å². The number of hydrogen-bond donors (Lipinski definition) is 1. The molecule has 47 heavy (non-hydrogen) atoms. The molecule has 0 amide bonds. The minimum atomic E-state index is -1.69. The van der Waals surface area contributed by atoms with Crippen LogP contribution in [0.15, 0.2) is 30.3 Å². The Bertz CT molecular complexity index is 1890. The van der Waals surface area contributed by atoms with Crippen LogP contribution in [0.25, 0.3) is 32.9 Å². The van der Waals surface area contributed by atoms with Crippen LogP contribution >= 0.6 is 0 Å². The third-order valence-corrected chi connectivity index (χ3v) is 10.2. The van der Waals surface area contributed by atoms with Gasteiger partial charge in [0, 0.05) is 10.9 Å². The van der Waals surface area contributed by atoms with E-state index >= 15 is 8.78 Å². The minimum absolute atomic E-state index is 0.00503. The van der Waals surface area contributed by atoms with Crippen molar-refractivity contribution >= 4 is 27.5 Å². The number of halogens is 4. The predicted molar refractivity (Wildman–Crippen MR) is 175 cm³/mol. The number of aromatic nitrogens is 3. The van der Waals surface area contributed by atoms with Gasteiger partial charge in [0.15, 0.2) is 18.4 Å². The molecule has 0 aliphatic carbocycles. The van der Waals surface area contributed by atoms with Crippen molar-refractivity contribution in [2.45, 2.75) is 77.0 Å². The van der Waals surface area contributed by atoms with Crippen LogP contribution in [0.4, 0.5) is 23.4 Å². The summed E-state index contributed by atoms with van der Waals surface area (Å²) in [5.74, 6) is 0.894. The molecule has 2 aromatic heterocycles. The second kappa shape index (κ2) is 12.2. The van der Waals surface area contributed by atoms with Crippen LogP contribution in [0.3, 0.4) is 0 Å². The van der Waals surface area contributed by atoms with E-state index in [2.05, 4.69) is 21.1 Å². The van der Waals surface area contributed by atoms with Crippen molar-refractivity contribution < 1.29 is 22.3 Å². The maximum absolute atomic E-state index is 16.9. The molecule has 1 N–H and O–H groups in total. The Morgan fingerprint density at radius 1 is 1.04 bits per heavy atom. The number of hydrogen-bond acceptors (Lipinski definition) is 7. The van der Waals surface area contributed by atoms with Crippen LogP contribution in [0, 0.1) is 29.9 Å². The number of benzene rings is 2. The summed E-state index contributed by atoms with van der Waals surface area (Å²) in [6.45, 7) is 8.01. The molecule has 4 aliphatic rings. The first-order valence-electron chi connectivity index (χ1n) is 16.5. The van der Waals surface area contributed by atoms with E-state index in [9.17, 15) is 8.78 Å². The summed E-state index contributed by atoms with van der Waals surface area (Å²) in [5, 5.41) is 3.66. The lowest BCUT2D eigenvalue weighted by molar-refractivity contribution is 0.0886. The van der Waals surface area contributed by atoms with E-state index in [-0.39, 0.29) is 53.0 Å². The molecule has 4 aliphatic heterocycles. The molecule has 4 aromatic rings. The van der Waals surface area contributed by atoms with Crippen molar-refractivity contribution in [3.63, 3.8) is 0 Å². The molecule has 3 saturated heterocycles. The lowest BCUT2D eigenvalue weighted by Gasteiger charge is -2.42. The number of ether oxygens (including phenoxy) is 1. The van der Waals surface area contributed by atoms with Gasteiger partial charge in [-0.05, 0) is 62.6 Å². The molecular weight excluding hydrogens is 608 g/mol. The lowest BCUT2D eigenvalue weighted by Crippen LogP contribution is -2.62. The summed E-state index contributed by atoms with van der Waals surface area (Å²) < 4.78 is 68.5.